The minimum Gasteiger partial charge on any atom is -0.324 e. The van der Waals surface area contributed by atoms with E-state index in [0.29, 0.717) is 0 Å². The molecule has 78 valence electrons. The molecule has 0 amide bonds. The zero-order valence-electron chi connectivity index (χ0n) is 7.18. The molecule has 1 unspecified atom stereocenters. The molecule has 1 atom stereocenters. The molecule has 0 saturated carbocycles. The Hall–Kier alpha value is -1.10. The summed E-state index contributed by atoms with van der Waals surface area (Å²) in [6.45, 7) is 0. The fraction of sp³-hybridized carbons (Fsp3) is 0.333. The quantitative estimate of drug-likeness (QED) is 0.741. The van der Waals surface area contributed by atoms with E-state index >= 15 is 0 Å². The molecule has 14 heavy (non-hydrogen) atoms. The van der Waals surface area contributed by atoms with Gasteiger partial charge in [-0.25, -0.2) is 4.39 Å². The first kappa shape index (κ1) is 11.0. The number of rotatable bonds is 2. The first-order chi connectivity index (χ1) is 6.40. The summed E-state index contributed by atoms with van der Waals surface area (Å²) in [5.74, 6) is -0.704. The average molecular weight is 207 g/mol. The average Bonchev–Trinajstić information content (AvgIpc) is 2.01. The molecular formula is C9H9F4N. The number of alkyl halides is 3. The summed E-state index contributed by atoms with van der Waals surface area (Å²) in [6, 6.07) is 3.86. The van der Waals surface area contributed by atoms with Gasteiger partial charge in [-0.3, -0.25) is 0 Å². The Balaban J connectivity index is 2.80. The van der Waals surface area contributed by atoms with E-state index in [-0.39, 0.29) is 5.56 Å². The fourth-order valence-corrected chi connectivity index (χ4v) is 1.14. The van der Waals surface area contributed by atoms with Gasteiger partial charge in [0.25, 0.3) is 0 Å². The van der Waals surface area contributed by atoms with Crippen molar-refractivity contribution in [1.29, 1.82) is 0 Å². The van der Waals surface area contributed by atoms with Crippen molar-refractivity contribution in [3.8, 4) is 0 Å². The molecule has 2 N–H and O–H groups in total. The predicted molar refractivity (Wildman–Crippen MR) is 44.0 cm³/mol. The van der Waals surface area contributed by atoms with Gasteiger partial charge in [0, 0.05) is 11.6 Å². The zero-order chi connectivity index (χ0) is 10.8. The summed E-state index contributed by atoms with van der Waals surface area (Å²) in [6.07, 6.45) is -5.59. The van der Waals surface area contributed by atoms with Crippen LogP contribution in [0.25, 0.3) is 0 Å². The van der Waals surface area contributed by atoms with Crippen LogP contribution in [0, 0.1) is 5.82 Å². The summed E-state index contributed by atoms with van der Waals surface area (Å²) < 4.78 is 48.7. The van der Waals surface area contributed by atoms with Crippen LogP contribution >= 0.6 is 0 Å². The molecule has 0 aromatic heterocycles. The lowest BCUT2D eigenvalue weighted by Gasteiger charge is -2.14. The van der Waals surface area contributed by atoms with Crippen LogP contribution < -0.4 is 5.73 Å². The highest BCUT2D eigenvalue weighted by Crippen LogP contribution is 2.28. The van der Waals surface area contributed by atoms with Crippen molar-refractivity contribution in [3.05, 3.63) is 35.6 Å². The van der Waals surface area contributed by atoms with Crippen molar-refractivity contribution in [2.45, 2.75) is 18.6 Å². The van der Waals surface area contributed by atoms with Gasteiger partial charge in [-0.15, -0.1) is 0 Å². The lowest BCUT2D eigenvalue weighted by Crippen LogP contribution is -2.21. The lowest BCUT2D eigenvalue weighted by molar-refractivity contribution is -0.138. The van der Waals surface area contributed by atoms with Crippen LogP contribution in [0.1, 0.15) is 18.0 Å². The molecule has 1 aromatic carbocycles. The second-order valence-corrected chi connectivity index (χ2v) is 2.95. The Kier molecular flexibility index (Phi) is 3.10. The highest BCUT2D eigenvalue weighted by Gasteiger charge is 2.31. The molecule has 5 heteroatoms. The zero-order valence-corrected chi connectivity index (χ0v) is 7.18. The highest BCUT2D eigenvalue weighted by molar-refractivity contribution is 5.20. The van der Waals surface area contributed by atoms with Crippen LogP contribution in [0.5, 0.6) is 0 Å². The third kappa shape index (κ3) is 2.99. The number of hydrogen-bond acceptors (Lipinski definition) is 1. The van der Waals surface area contributed by atoms with E-state index < -0.39 is 24.5 Å². The molecule has 0 aliphatic rings. The maximum Gasteiger partial charge on any atom is 0.390 e. The van der Waals surface area contributed by atoms with Gasteiger partial charge in [-0.05, 0) is 6.07 Å². The van der Waals surface area contributed by atoms with Crippen LogP contribution in [0.2, 0.25) is 0 Å². The molecule has 0 aliphatic carbocycles. The number of benzene rings is 1. The molecule has 0 radical (unpaired) electrons. The molecule has 0 heterocycles. The van der Waals surface area contributed by atoms with Gasteiger partial charge >= 0.3 is 6.18 Å². The first-order valence-electron chi connectivity index (χ1n) is 3.97. The van der Waals surface area contributed by atoms with E-state index in [1.54, 1.807) is 0 Å². The molecule has 0 bridgehead atoms. The van der Waals surface area contributed by atoms with Crippen LogP contribution in [-0.4, -0.2) is 6.18 Å². The second kappa shape index (κ2) is 3.96. The number of nitrogens with two attached hydrogens (primary N) is 1. The van der Waals surface area contributed by atoms with Gasteiger partial charge in [0.1, 0.15) is 5.82 Å². The smallest absolute Gasteiger partial charge is 0.324 e. The summed E-state index contributed by atoms with van der Waals surface area (Å²) in [5.41, 5.74) is 5.12. The summed E-state index contributed by atoms with van der Waals surface area (Å²) >= 11 is 0. The van der Waals surface area contributed by atoms with Crippen molar-refractivity contribution in [2.75, 3.05) is 0 Å². The van der Waals surface area contributed by atoms with Crippen LogP contribution in [0.15, 0.2) is 24.3 Å². The monoisotopic (exact) mass is 207 g/mol. The number of halogens is 4. The molecule has 0 spiro atoms. The molecule has 0 aliphatic heterocycles. The van der Waals surface area contributed by atoms with E-state index in [0.717, 1.165) is 6.07 Å². The lowest BCUT2D eigenvalue weighted by atomic mass is 10.0. The molecule has 0 fully saturated rings. The Labute approximate surface area is 78.5 Å². The van der Waals surface area contributed by atoms with Gasteiger partial charge in [-0.2, -0.15) is 13.2 Å². The Morgan fingerprint density at radius 1 is 1.21 bits per heavy atom. The molecular weight excluding hydrogens is 198 g/mol. The Morgan fingerprint density at radius 3 is 2.29 bits per heavy atom. The first-order valence-corrected chi connectivity index (χ1v) is 3.97. The third-order valence-electron chi connectivity index (χ3n) is 1.76. The van der Waals surface area contributed by atoms with E-state index in [9.17, 15) is 17.6 Å². The minimum absolute atomic E-state index is 0.107. The minimum atomic E-state index is -4.37. The predicted octanol–water partition coefficient (Wildman–Crippen LogP) is 2.78. The van der Waals surface area contributed by atoms with Gasteiger partial charge < -0.3 is 5.73 Å². The highest BCUT2D eigenvalue weighted by atomic mass is 19.4. The van der Waals surface area contributed by atoms with Crippen molar-refractivity contribution in [1.82, 2.24) is 0 Å². The summed E-state index contributed by atoms with van der Waals surface area (Å²) in [7, 11) is 0. The van der Waals surface area contributed by atoms with E-state index in [1.165, 1.54) is 18.2 Å². The standard InChI is InChI=1S/C9H9F4N/c10-7-4-2-1-3-6(7)8(14)5-9(11,12)13/h1-4,8H,5,14H2. The molecule has 1 rings (SSSR count). The maximum atomic E-state index is 13.0. The fourth-order valence-electron chi connectivity index (χ4n) is 1.14. The van der Waals surface area contributed by atoms with Crippen molar-refractivity contribution in [2.24, 2.45) is 5.73 Å². The molecule has 1 nitrogen and oxygen atoms in total. The summed E-state index contributed by atoms with van der Waals surface area (Å²) in [5, 5.41) is 0. The third-order valence-corrected chi connectivity index (χ3v) is 1.76. The topological polar surface area (TPSA) is 26.0 Å². The molecule has 0 saturated heterocycles. The van der Waals surface area contributed by atoms with E-state index in [4.69, 9.17) is 5.73 Å². The Morgan fingerprint density at radius 2 is 1.79 bits per heavy atom. The summed E-state index contributed by atoms with van der Waals surface area (Å²) in [4.78, 5) is 0. The van der Waals surface area contributed by atoms with Crippen LogP contribution in [0.4, 0.5) is 17.6 Å². The normalized spacial score (nSPS) is 14.1. The van der Waals surface area contributed by atoms with Crippen LogP contribution in [0.3, 0.4) is 0 Å². The van der Waals surface area contributed by atoms with Crippen molar-refractivity contribution in [3.63, 3.8) is 0 Å². The molecule has 1 aromatic rings. The Bertz CT molecular complexity index is 308. The van der Waals surface area contributed by atoms with E-state index in [2.05, 4.69) is 0 Å². The van der Waals surface area contributed by atoms with Crippen molar-refractivity contribution < 1.29 is 17.6 Å². The number of hydrogen-bond donors (Lipinski definition) is 1. The maximum absolute atomic E-state index is 13.0. The largest absolute Gasteiger partial charge is 0.390 e. The van der Waals surface area contributed by atoms with Crippen molar-refractivity contribution >= 4 is 0 Å². The van der Waals surface area contributed by atoms with Crippen LogP contribution in [-0.2, 0) is 0 Å². The van der Waals surface area contributed by atoms with Gasteiger partial charge in [-0.1, -0.05) is 18.2 Å². The van der Waals surface area contributed by atoms with Gasteiger partial charge in [0.2, 0.25) is 0 Å². The van der Waals surface area contributed by atoms with Gasteiger partial charge in [0.05, 0.1) is 6.42 Å². The van der Waals surface area contributed by atoms with Gasteiger partial charge in [0.15, 0.2) is 0 Å². The SMILES string of the molecule is NC(CC(F)(F)F)c1ccccc1F. The second-order valence-electron chi connectivity index (χ2n) is 2.95. The van der Waals surface area contributed by atoms with E-state index in [1.807, 2.05) is 0 Å².